The summed E-state index contributed by atoms with van der Waals surface area (Å²) in [5, 5.41) is 0. The molecule has 0 saturated heterocycles. The van der Waals surface area contributed by atoms with Crippen LogP contribution in [0.1, 0.15) is 11.3 Å². The Morgan fingerprint density at radius 3 is 2.95 bits per heavy atom. The van der Waals surface area contributed by atoms with Gasteiger partial charge in [-0.2, -0.15) is 0 Å². The van der Waals surface area contributed by atoms with E-state index >= 15 is 0 Å². The molecule has 3 aromatic rings. The fraction of sp³-hybridized carbons (Fsp3) is 0.133. The lowest BCUT2D eigenvalue weighted by Gasteiger charge is -2.05. The van der Waals surface area contributed by atoms with Gasteiger partial charge in [0.15, 0.2) is 4.73 Å². The van der Waals surface area contributed by atoms with E-state index in [1.54, 1.807) is 0 Å². The Hall–Kier alpha value is -1.81. The average molecular weight is 317 g/mol. The third-order valence-electron chi connectivity index (χ3n) is 2.95. The first-order valence-corrected chi connectivity index (χ1v) is 6.84. The molecule has 2 heterocycles. The highest BCUT2D eigenvalue weighted by Gasteiger charge is 2.08. The van der Waals surface area contributed by atoms with Crippen LogP contribution in [0.15, 0.2) is 53.4 Å². The Morgan fingerprint density at radius 2 is 2.11 bits per heavy atom. The minimum atomic E-state index is 0.461. The van der Waals surface area contributed by atoms with Crippen molar-refractivity contribution in [3.05, 3.63) is 64.7 Å². The van der Waals surface area contributed by atoms with Crippen molar-refractivity contribution in [2.24, 2.45) is 0 Å². The van der Waals surface area contributed by atoms with E-state index in [1.807, 2.05) is 47.0 Å². The molecule has 0 N–H and O–H groups in total. The summed E-state index contributed by atoms with van der Waals surface area (Å²) in [6.07, 6.45) is 1.97. The molecule has 0 atom stereocenters. The predicted molar refractivity (Wildman–Crippen MR) is 78.4 cm³/mol. The number of fused-ring (bicyclic) bond motifs is 1. The van der Waals surface area contributed by atoms with Gasteiger partial charge in [-0.05, 0) is 52.7 Å². The molecule has 19 heavy (non-hydrogen) atoms. The maximum atomic E-state index is 5.80. The molecule has 0 unspecified atom stereocenters. The van der Waals surface area contributed by atoms with Crippen molar-refractivity contribution in [2.75, 3.05) is 0 Å². The van der Waals surface area contributed by atoms with Crippen LogP contribution in [-0.2, 0) is 6.61 Å². The van der Waals surface area contributed by atoms with Gasteiger partial charge >= 0.3 is 0 Å². The topological polar surface area (TPSA) is 26.5 Å². The number of aryl methyl sites for hydroxylation is 1. The molecule has 96 valence electrons. The summed E-state index contributed by atoms with van der Waals surface area (Å²) in [6.45, 7) is 2.51. The zero-order chi connectivity index (χ0) is 13.2. The molecule has 0 saturated carbocycles. The molecule has 0 aliphatic carbocycles. The number of imidazole rings is 1. The Kier molecular flexibility index (Phi) is 3.25. The van der Waals surface area contributed by atoms with Gasteiger partial charge in [-0.25, -0.2) is 4.98 Å². The summed E-state index contributed by atoms with van der Waals surface area (Å²) in [5.41, 5.74) is 3.17. The van der Waals surface area contributed by atoms with Crippen LogP contribution in [0.25, 0.3) is 5.52 Å². The van der Waals surface area contributed by atoms with Crippen molar-refractivity contribution >= 4 is 21.4 Å². The summed E-state index contributed by atoms with van der Waals surface area (Å²) in [5.74, 6) is 0.869. The van der Waals surface area contributed by atoms with Crippen LogP contribution in [0.4, 0.5) is 0 Å². The number of halogens is 1. The maximum Gasteiger partial charge on any atom is 0.182 e. The quantitative estimate of drug-likeness (QED) is 0.730. The molecular weight excluding hydrogens is 304 g/mol. The molecule has 1 aromatic carbocycles. The van der Waals surface area contributed by atoms with Gasteiger partial charge in [0.2, 0.25) is 0 Å². The number of rotatable bonds is 3. The highest BCUT2D eigenvalue weighted by Crippen LogP contribution is 2.20. The number of nitrogens with zero attached hydrogens (tertiary/aromatic N) is 2. The first-order valence-electron chi connectivity index (χ1n) is 6.05. The van der Waals surface area contributed by atoms with Crippen molar-refractivity contribution in [3.8, 4) is 5.75 Å². The number of hydrogen-bond donors (Lipinski definition) is 0. The van der Waals surface area contributed by atoms with Gasteiger partial charge in [0.05, 0.1) is 5.52 Å². The van der Waals surface area contributed by atoms with Crippen molar-refractivity contribution in [2.45, 2.75) is 13.5 Å². The number of ether oxygens (including phenoxy) is 1. The van der Waals surface area contributed by atoms with E-state index in [1.165, 1.54) is 5.56 Å². The van der Waals surface area contributed by atoms with Crippen LogP contribution >= 0.6 is 15.9 Å². The summed E-state index contributed by atoms with van der Waals surface area (Å²) in [6, 6.07) is 14.0. The number of aromatic nitrogens is 2. The van der Waals surface area contributed by atoms with Crippen molar-refractivity contribution < 1.29 is 4.74 Å². The van der Waals surface area contributed by atoms with Crippen molar-refractivity contribution in [3.63, 3.8) is 0 Å². The molecule has 0 aliphatic heterocycles. The van der Waals surface area contributed by atoms with E-state index in [4.69, 9.17) is 4.74 Å². The number of pyridine rings is 1. The van der Waals surface area contributed by atoms with Crippen LogP contribution in [0.3, 0.4) is 0 Å². The van der Waals surface area contributed by atoms with E-state index in [0.717, 1.165) is 21.7 Å². The zero-order valence-electron chi connectivity index (χ0n) is 10.5. The summed E-state index contributed by atoms with van der Waals surface area (Å²) in [4.78, 5) is 4.48. The van der Waals surface area contributed by atoms with Gasteiger partial charge in [-0.15, -0.1) is 0 Å². The standard InChI is InChI=1S/C15H13BrN2O/c1-11-5-4-6-12(9-11)19-10-13-14-7-2-3-8-18(14)15(16)17-13/h2-9H,10H2,1H3. The summed E-state index contributed by atoms with van der Waals surface area (Å²) >= 11 is 3.45. The Balaban J connectivity index is 1.86. The molecule has 0 spiro atoms. The molecule has 0 bridgehead atoms. The minimum Gasteiger partial charge on any atom is -0.487 e. The average Bonchev–Trinajstić information content (AvgIpc) is 2.74. The van der Waals surface area contributed by atoms with Gasteiger partial charge in [-0.3, -0.25) is 4.40 Å². The smallest absolute Gasteiger partial charge is 0.182 e. The van der Waals surface area contributed by atoms with Crippen LogP contribution in [0.2, 0.25) is 0 Å². The molecule has 0 fully saturated rings. The van der Waals surface area contributed by atoms with E-state index in [-0.39, 0.29) is 0 Å². The van der Waals surface area contributed by atoms with Crippen LogP contribution in [0, 0.1) is 6.92 Å². The Bertz CT molecular complexity index is 721. The summed E-state index contributed by atoms with van der Waals surface area (Å²) < 4.78 is 8.59. The van der Waals surface area contributed by atoms with Crippen molar-refractivity contribution in [1.29, 1.82) is 0 Å². The second-order valence-corrected chi connectivity index (χ2v) is 5.10. The molecule has 3 rings (SSSR count). The molecular formula is C15H13BrN2O. The Labute approximate surface area is 120 Å². The molecule has 3 nitrogen and oxygen atoms in total. The summed E-state index contributed by atoms with van der Waals surface area (Å²) in [7, 11) is 0. The largest absolute Gasteiger partial charge is 0.487 e. The lowest BCUT2D eigenvalue weighted by atomic mass is 10.2. The highest BCUT2D eigenvalue weighted by molar-refractivity contribution is 9.10. The van der Waals surface area contributed by atoms with Crippen LogP contribution < -0.4 is 4.74 Å². The van der Waals surface area contributed by atoms with E-state index in [2.05, 4.69) is 33.9 Å². The van der Waals surface area contributed by atoms with E-state index in [0.29, 0.717) is 6.61 Å². The van der Waals surface area contributed by atoms with Gasteiger partial charge in [0, 0.05) is 6.20 Å². The number of hydrogen-bond acceptors (Lipinski definition) is 2. The van der Waals surface area contributed by atoms with Crippen LogP contribution in [0.5, 0.6) is 5.75 Å². The third kappa shape index (κ3) is 2.49. The first-order chi connectivity index (χ1) is 9.24. The molecule has 4 heteroatoms. The minimum absolute atomic E-state index is 0.461. The van der Waals surface area contributed by atoms with E-state index in [9.17, 15) is 0 Å². The van der Waals surface area contributed by atoms with Gasteiger partial charge < -0.3 is 4.74 Å². The van der Waals surface area contributed by atoms with Crippen molar-refractivity contribution in [1.82, 2.24) is 9.38 Å². The second kappa shape index (κ2) is 5.05. The van der Waals surface area contributed by atoms with Crippen LogP contribution in [-0.4, -0.2) is 9.38 Å². The highest BCUT2D eigenvalue weighted by atomic mass is 79.9. The van der Waals surface area contributed by atoms with Gasteiger partial charge in [0.25, 0.3) is 0 Å². The number of benzene rings is 1. The molecule has 0 amide bonds. The molecule has 0 aliphatic rings. The predicted octanol–water partition coefficient (Wildman–Crippen LogP) is 3.98. The Morgan fingerprint density at radius 1 is 1.21 bits per heavy atom. The SMILES string of the molecule is Cc1cccc(OCc2nc(Br)n3ccccc23)c1. The normalized spacial score (nSPS) is 10.8. The lowest BCUT2D eigenvalue weighted by Crippen LogP contribution is -1.96. The molecule has 2 aromatic heterocycles. The fourth-order valence-electron chi connectivity index (χ4n) is 2.02. The fourth-order valence-corrected chi connectivity index (χ4v) is 2.55. The first kappa shape index (κ1) is 12.2. The van der Waals surface area contributed by atoms with E-state index < -0.39 is 0 Å². The molecule has 0 radical (unpaired) electrons. The van der Waals surface area contributed by atoms with Gasteiger partial charge in [0.1, 0.15) is 18.1 Å². The zero-order valence-corrected chi connectivity index (χ0v) is 12.1. The monoisotopic (exact) mass is 316 g/mol. The maximum absolute atomic E-state index is 5.80. The third-order valence-corrected chi connectivity index (χ3v) is 3.51. The van der Waals surface area contributed by atoms with Gasteiger partial charge in [-0.1, -0.05) is 18.2 Å². The lowest BCUT2D eigenvalue weighted by molar-refractivity contribution is 0.303. The second-order valence-electron chi connectivity index (χ2n) is 4.39.